The summed E-state index contributed by atoms with van der Waals surface area (Å²) in [4.78, 5) is 2.70. The van der Waals surface area contributed by atoms with Crippen molar-refractivity contribution in [2.75, 3.05) is 0 Å². The highest BCUT2D eigenvalue weighted by atomic mass is 15.4. The molecule has 10 rings (SSSR count). The molecule has 1 N–H and O–H groups in total. The first-order valence-corrected chi connectivity index (χ1v) is 18.6. The molecule has 50 heavy (non-hydrogen) atoms. The molecule has 5 heteroatoms. The van der Waals surface area contributed by atoms with Gasteiger partial charge in [0.2, 0.25) is 6.17 Å². The van der Waals surface area contributed by atoms with Crippen LogP contribution in [0.5, 0.6) is 0 Å². The highest BCUT2D eigenvalue weighted by Crippen LogP contribution is 2.50. The van der Waals surface area contributed by atoms with E-state index in [0.29, 0.717) is 12.3 Å². The zero-order valence-corrected chi connectivity index (χ0v) is 28.4. The Hall–Kier alpha value is -5.34. The van der Waals surface area contributed by atoms with Crippen molar-refractivity contribution in [1.82, 2.24) is 14.8 Å². The van der Waals surface area contributed by atoms with Crippen molar-refractivity contribution in [3.8, 4) is 6.07 Å². The molecule has 5 unspecified atom stereocenters. The van der Waals surface area contributed by atoms with Gasteiger partial charge in [0.25, 0.3) is 5.84 Å². The van der Waals surface area contributed by atoms with Crippen LogP contribution in [0.1, 0.15) is 56.2 Å². The summed E-state index contributed by atoms with van der Waals surface area (Å²) in [5.41, 5.74) is 11.3. The largest absolute Gasteiger partial charge is 0.340 e. The lowest BCUT2D eigenvalue weighted by Gasteiger charge is -2.44. The van der Waals surface area contributed by atoms with Gasteiger partial charge in [-0.1, -0.05) is 103 Å². The summed E-state index contributed by atoms with van der Waals surface area (Å²) >= 11 is 0. The molecule has 1 aromatic carbocycles. The Morgan fingerprint density at radius 3 is 2.60 bits per heavy atom. The molecule has 5 nitrogen and oxygen atoms in total. The van der Waals surface area contributed by atoms with Crippen LogP contribution in [0.3, 0.4) is 0 Å². The minimum absolute atomic E-state index is 0.0575. The van der Waals surface area contributed by atoms with E-state index in [4.69, 9.17) is 0 Å². The van der Waals surface area contributed by atoms with E-state index in [1.807, 2.05) is 0 Å². The molecule has 6 aliphatic carbocycles. The Morgan fingerprint density at radius 1 is 0.860 bits per heavy atom. The van der Waals surface area contributed by atoms with E-state index in [-0.39, 0.29) is 24.2 Å². The summed E-state index contributed by atoms with van der Waals surface area (Å²) in [6, 6.07) is 12.0. The van der Waals surface area contributed by atoms with Crippen molar-refractivity contribution in [3.63, 3.8) is 0 Å². The van der Waals surface area contributed by atoms with Gasteiger partial charge in [0.15, 0.2) is 0 Å². The predicted octanol–water partition coefficient (Wildman–Crippen LogP) is 8.77. The number of nitrogens with zero attached hydrogens (tertiary/aromatic N) is 4. The number of aromatic nitrogens is 1. The first-order valence-electron chi connectivity index (χ1n) is 18.6. The molecule has 0 fully saturated rings. The molecule has 2 aliphatic heterocycles. The molecule has 3 heterocycles. The Labute approximate surface area is 294 Å². The maximum Gasteiger partial charge on any atom is 0.284 e. The summed E-state index contributed by atoms with van der Waals surface area (Å²) in [6.07, 6.45) is 45.0. The molecule has 0 bridgehead atoms. The number of amidine groups is 1. The van der Waals surface area contributed by atoms with Gasteiger partial charge in [-0.2, -0.15) is 5.26 Å². The Kier molecular flexibility index (Phi) is 7.05. The minimum atomic E-state index is 0.0575. The maximum atomic E-state index is 11.0. The molecule has 246 valence electrons. The highest BCUT2D eigenvalue weighted by Gasteiger charge is 2.52. The molecule has 2 aromatic rings. The molecule has 8 aliphatic rings. The fourth-order valence-corrected chi connectivity index (χ4v) is 9.72. The second kappa shape index (κ2) is 11.9. The van der Waals surface area contributed by atoms with Gasteiger partial charge in [0, 0.05) is 46.8 Å². The van der Waals surface area contributed by atoms with Crippen molar-refractivity contribution in [2.45, 2.75) is 69.6 Å². The average molecular weight is 653 g/mol. The summed E-state index contributed by atoms with van der Waals surface area (Å²) in [6.45, 7) is 0. The van der Waals surface area contributed by atoms with E-state index in [2.05, 4.69) is 147 Å². The second-order valence-electron chi connectivity index (χ2n) is 14.6. The molecule has 0 spiro atoms. The van der Waals surface area contributed by atoms with Crippen molar-refractivity contribution < 1.29 is 4.58 Å². The summed E-state index contributed by atoms with van der Waals surface area (Å²) < 4.78 is 5.08. The predicted molar refractivity (Wildman–Crippen MR) is 202 cm³/mol. The molecule has 0 radical (unpaired) electrons. The van der Waals surface area contributed by atoms with E-state index >= 15 is 0 Å². The van der Waals surface area contributed by atoms with E-state index in [0.717, 1.165) is 56.2 Å². The first-order chi connectivity index (χ1) is 24.8. The fraction of sp³-hybridized carbons (Fsp3) is 0.289. The van der Waals surface area contributed by atoms with Gasteiger partial charge in [-0.05, 0) is 62.3 Å². The number of hydrogen-bond donors (Lipinski definition) is 1. The van der Waals surface area contributed by atoms with Crippen LogP contribution in [-0.2, 0) is 6.42 Å². The topological polar surface area (TPSA) is 47.0 Å². The van der Waals surface area contributed by atoms with Gasteiger partial charge in [-0.3, -0.25) is 0 Å². The lowest BCUT2D eigenvalue weighted by atomic mass is 9.82. The van der Waals surface area contributed by atoms with E-state index < -0.39 is 0 Å². The number of para-hydroxylation sites is 1. The summed E-state index contributed by atoms with van der Waals surface area (Å²) in [5, 5.41) is 16.3. The third-order valence-corrected chi connectivity index (χ3v) is 11.9. The van der Waals surface area contributed by atoms with Crippen molar-refractivity contribution in [1.29, 1.82) is 5.26 Å². The Balaban J connectivity index is 1.18. The standard InChI is InChI=1S/C45H41N5/c46-29-31-27-37(45-47-44(30-15-3-1-4-16-30)48(45)32-17-5-2-6-18-32)43(50-40-25-13-9-21-35(40)36-22-10-14-26-41(36)50)28-42(31)49-38-23-11-7-19-33(38)34-20-8-12-24-39(34)49/h2-3,5-11,13,15-17,19-23,25,28,32,35,37,40,45H,1,4,12,14,18,24,26-27H2/p+1. The van der Waals surface area contributed by atoms with E-state index in [1.165, 1.54) is 50.5 Å². The van der Waals surface area contributed by atoms with Crippen molar-refractivity contribution in [2.24, 2.45) is 11.8 Å². The zero-order valence-electron chi connectivity index (χ0n) is 28.4. The molecular weight excluding hydrogens is 611 g/mol. The number of nitrogens with one attached hydrogen (secondary N) is 1. The number of rotatable bonds is 5. The smallest absolute Gasteiger partial charge is 0.284 e. The van der Waals surface area contributed by atoms with Crippen LogP contribution < -0.4 is 5.32 Å². The first kappa shape index (κ1) is 29.6. The molecule has 1 aromatic heterocycles. The summed E-state index contributed by atoms with van der Waals surface area (Å²) in [7, 11) is 0. The average Bonchev–Trinajstić information content (AvgIpc) is 3.68. The third kappa shape index (κ3) is 4.47. The minimum Gasteiger partial charge on any atom is -0.340 e. The molecule has 5 atom stereocenters. The van der Waals surface area contributed by atoms with Crippen LogP contribution in [0.15, 0.2) is 144 Å². The number of hydrogen-bond acceptors (Lipinski definition) is 3. The quantitative estimate of drug-likeness (QED) is 0.329. The molecule has 0 saturated heterocycles. The lowest BCUT2D eigenvalue weighted by molar-refractivity contribution is -0.630. The number of fused-ring (bicyclic) bond motifs is 5. The third-order valence-electron chi connectivity index (χ3n) is 11.9. The number of allylic oxidation sites excluding steroid dienone is 13. The van der Waals surface area contributed by atoms with Crippen LogP contribution >= 0.6 is 0 Å². The molecular formula is C45H42N5+. The van der Waals surface area contributed by atoms with E-state index in [1.54, 1.807) is 0 Å². The second-order valence-corrected chi connectivity index (χ2v) is 14.6. The van der Waals surface area contributed by atoms with Gasteiger partial charge >= 0.3 is 0 Å². The van der Waals surface area contributed by atoms with Gasteiger partial charge in [0.05, 0.1) is 40.4 Å². The van der Waals surface area contributed by atoms with Crippen molar-refractivity contribution >= 4 is 28.5 Å². The number of benzene rings is 1. The van der Waals surface area contributed by atoms with Gasteiger partial charge in [0.1, 0.15) is 6.04 Å². The monoisotopic (exact) mass is 652 g/mol. The summed E-state index contributed by atoms with van der Waals surface area (Å²) in [5.74, 6) is 1.64. The van der Waals surface area contributed by atoms with Gasteiger partial charge in [-0.25, -0.2) is 9.89 Å². The Bertz CT molecular complexity index is 2240. The highest BCUT2D eigenvalue weighted by molar-refractivity contribution is 5.99. The lowest BCUT2D eigenvalue weighted by Crippen LogP contribution is -2.66. The van der Waals surface area contributed by atoms with Crippen LogP contribution in [-0.4, -0.2) is 38.1 Å². The van der Waals surface area contributed by atoms with E-state index in [9.17, 15) is 5.26 Å². The van der Waals surface area contributed by atoms with Crippen molar-refractivity contribution in [3.05, 3.63) is 155 Å². The number of nitriles is 1. The maximum absolute atomic E-state index is 11.0. The van der Waals surface area contributed by atoms with Crippen LogP contribution in [0.25, 0.3) is 22.7 Å². The molecule has 0 saturated carbocycles. The SMILES string of the molecule is N#CC1=C(n2c3c(c4ccccc42)C=CCC3)C=C(N2C3=C(C=CCC3)C3C=CC=CC32)C(C2NC(C3=CCCC=C3)=[N+]2C2C=CC=CC2)C1. The zero-order chi connectivity index (χ0) is 33.2. The molecule has 0 amide bonds. The van der Waals surface area contributed by atoms with Gasteiger partial charge < -0.3 is 9.47 Å². The van der Waals surface area contributed by atoms with Crippen LogP contribution in [0.4, 0.5) is 0 Å². The van der Waals surface area contributed by atoms with Crippen LogP contribution in [0.2, 0.25) is 0 Å². The van der Waals surface area contributed by atoms with Gasteiger partial charge in [-0.15, -0.1) is 0 Å². The Morgan fingerprint density at radius 2 is 1.72 bits per heavy atom. The fourth-order valence-electron chi connectivity index (χ4n) is 9.72. The van der Waals surface area contributed by atoms with Crippen LogP contribution in [0, 0.1) is 23.2 Å². The normalized spacial score (nSPS) is 29.1.